The highest BCUT2D eigenvalue weighted by Crippen LogP contribution is 2.32. The van der Waals surface area contributed by atoms with Gasteiger partial charge in [0.05, 0.1) is 12.2 Å². The number of aromatic nitrogens is 2. The summed E-state index contributed by atoms with van der Waals surface area (Å²) in [6.07, 6.45) is 6.34. The fourth-order valence-corrected chi connectivity index (χ4v) is 3.80. The first-order chi connectivity index (χ1) is 10.8. The molecule has 1 aromatic heterocycles. The number of hydrogen-bond acceptors (Lipinski definition) is 4. The van der Waals surface area contributed by atoms with Gasteiger partial charge in [-0.2, -0.15) is 5.10 Å². The van der Waals surface area contributed by atoms with Gasteiger partial charge < -0.3 is 10.4 Å². The molecular weight excluding hydrogens is 294 g/mol. The number of fused-ring (bicyclic) bond motifs is 1. The van der Waals surface area contributed by atoms with Crippen LogP contribution in [0.25, 0.3) is 0 Å². The van der Waals surface area contributed by atoms with Gasteiger partial charge in [-0.15, -0.1) is 11.8 Å². The Kier molecular flexibility index (Phi) is 5.05. The fourth-order valence-electron chi connectivity index (χ4n) is 2.96. The molecule has 1 aliphatic rings. The zero-order valence-electron chi connectivity index (χ0n) is 13.0. The molecular formula is C17H23N3OS. The van der Waals surface area contributed by atoms with E-state index in [0.29, 0.717) is 6.04 Å². The minimum Gasteiger partial charge on any atom is -0.396 e. The standard InChI is InChI=1S/C17H23N3OS/c1-20-17-5-2-4-16(15(17)12-18-20)19-13-6-8-14(9-7-13)22-11-3-10-21/h6-9,12,16,19,21H,2-5,10-11H2,1H3. The summed E-state index contributed by atoms with van der Waals surface area (Å²) in [4.78, 5) is 1.25. The lowest BCUT2D eigenvalue weighted by atomic mass is 9.93. The summed E-state index contributed by atoms with van der Waals surface area (Å²) >= 11 is 1.79. The smallest absolute Gasteiger partial charge is 0.0547 e. The van der Waals surface area contributed by atoms with Crippen LogP contribution in [-0.2, 0) is 13.5 Å². The van der Waals surface area contributed by atoms with Crippen molar-refractivity contribution >= 4 is 17.4 Å². The van der Waals surface area contributed by atoms with E-state index in [9.17, 15) is 0 Å². The molecule has 0 bridgehead atoms. The zero-order valence-corrected chi connectivity index (χ0v) is 13.8. The molecule has 1 atom stereocenters. The molecule has 0 fully saturated rings. The number of aliphatic hydroxyl groups is 1. The molecule has 0 amide bonds. The molecule has 1 aromatic carbocycles. The summed E-state index contributed by atoms with van der Waals surface area (Å²) < 4.78 is 2.00. The third-order valence-electron chi connectivity index (χ3n) is 4.14. The number of nitrogens with one attached hydrogen (secondary N) is 1. The average molecular weight is 317 g/mol. The summed E-state index contributed by atoms with van der Waals surface area (Å²) in [5.41, 5.74) is 3.86. The number of rotatable bonds is 6. The molecule has 2 N–H and O–H groups in total. The zero-order chi connectivity index (χ0) is 15.4. The number of benzene rings is 1. The van der Waals surface area contributed by atoms with Crippen LogP contribution < -0.4 is 5.32 Å². The van der Waals surface area contributed by atoms with Gasteiger partial charge in [-0.25, -0.2) is 0 Å². The first kappa shape index (κ1) is 15.4. The molecule has 22 heavy (non-hydrogen) atoms. The van der Waals surface area contributed by atoms with Crippen molar-refractivity contribution in [1.82, 2.24) is 9.78 Å². The Hall–Kier alpha value is -1.46. The topological polar surface area (TPSA) is 50.1 Å². The second kappa shape index (κ2) is 7.20. The van der Waals surface area contributed by atoms with Gasteiger partial charge in [0.15, 0.2) is 0 Å². The Morgan fingerprint density at radius 1 is 1.36 bits per heavy atom. The lowest BCUT2D eigenvalue weighted by Gasteiger charge is -2.24. The van der Waals surface area contributed by atoms with Crippen molar-refractivity contribution in [1.29, 1.82) is 0 Å². The predicted molar refractivity (Wildman–Crippen MR) is 91.4 cm³/mol. The van der Waals surface area contributed by atoms with Crippen molar-refractivity contribution in [2.24, 2.45) is 7.05 Å². The van der Waals surface area contributed by atoms with Crippen LogP contribution in [0.3, 0.4) is 0 Å². The summed E-state index contributed by atoms with van der Waals surface area (Å²) in [6, 6.07) is 8.96. The molecule has 1 heterocycles. The van der Waals surface area contributed by atoms with Crippen LogP contribution in [-0.4, -0.2) is 27.2 Å². The lowest BCUT2D eigenvalue weighted by molar-refractivity contribution is 0.296. The third kappa shape index (κ3) is 3.47. The molecule has 1 aliphatic carbocycles. The molecule has 0 saturated heterocycles. The quantitative estimate of drug-likeness (QED) is 0.633. The number of thioether (sulfide) groups is 1. The largest absolute Gasteiger partial charge is 0.396 e. The van der Waals surface area contributed by atoms with Crippen molar-refractivity contribution in [2.75, 3.05) is 17.7 Å². The maximum absolute atomic E-state index is 8.82. The SMILES string of the molecule is Cn1ncc2c1CCCC2Nc1ccc(SCCCO)cc1. The summed E-state index contributed by atoms with van der Waals surface area (Å²) in [7, 11) is 2.03. The van der Waals surface area contributed by atoms with Crippen LogP contribution in [0, 0.1) is 0 Å². The average Bonchev–Trinajstić information content (AvgIpc) is 2.92. The number of hydrogen-bond donors (Lipinski definition) is 2. The van der Waals surface area contributed by atoms with Gasteiger partial charge in [-0.05, 0) is 49.9 Å². The molecule has 118 valence electrons. The summed E-state index contributed by atoms with van der Waals surface area (Å²) in [6.45, 7) is 0.266. The molecule has 1 unspecified atom stereocenters. The molecule has 2 aromatic rings. The van der Waals surface area contributed by atoms with E-state index in [2.05, 4.69) is 34.7 Å². The first-order valence-corrected chi connectivity index (χ1v) is 8.87. The van der Waals surface area contributed by atoms with E-state index < -0.39 is 0 Å². The molecule has 0 spiro atoms. The highest BCUT2D eigenvalue weighted by atomic mass is 32.2. The molecule has 0 aliphatic heterocycles. The van der Waals surface area contributed by atoms with Crippen LogP contribution in [0.2, 0.25) is 0 Å². The Bertz CT molecular complexity index is 609. The van der Waals surface area contributed by atoms with E-state index in [0.717, 1.165) is 30.7 Å². The van der Waals surface area contributed by atoms with E-state index in [1.54, 1.807) is 11.8 Å². The normalized spacial score (nSPS) is 17.3. The third-order valence-corrected chi connectivity index (χ3v) is 5.24. The van der Waals surface area contributed by atoms with Crippen molar-refractivity contribution < 1.29 is 5.11 Å². The van der Waals surface area contributed by atoms with Crippen molar-refractivity contribution in [2.45, 2.75) is 36.6 Å². The highest BCUT2D eigenvalue weighted by molar-refractivity contribution is 7.99. The van der Waals surface area contributed by atoms with Gasteiger partial charge >= 0.3 is 0 Å². The second-order valence-corrected chi connectivity index (χ2v) is 6.88. The van der Waals surface area contributed by atoms with Crippen LogP contribution in [0.5, 0.6) is 0 Å². The van der Waals surface area contributed by atoms with E-state index in [1.165, 1.54) is 22.6 Å². The Morgan fingerprint density at radius 3 is 2.95 bits per heavy atom. The maximum atomic E-state index is 8.82. The lowest BCUT2D eigenvalue weighted by Crippen LogP contribution is -2.17. The molecule has 0 radical (unpaired) electrons. The van der Waals surface area contributed by atoms with Gasteiger partial charge in [0, 0.05) is 41.2 Å². The van der Waals surface area contributed by atoms with Crippen molar-refractivity contribution in [3.63, 3.8) is 0 Å². The van der Waals surface area contributed by atoms with Gasteiger partial charge in [0.2, 0.25) is 0 Å². The number of aliphatic hydroxyl groups excluding tert-OH is 1. The van der Waals surface area contributed by atoms with Crippen molar-refractivity contribution in [3.8, 4) is 0 Å². The molecule has 4 nitrogen and oxygen atoms in total. The van der Waals surface area contributed by atoms with E-state index in [1.807, 2.05) is 17.9 Å². The van der Waals surface area contributed by atoms with Crippen LogP contribution in [0.4, 0.5) is 5.69 Å². The molecule has 0 saturated carbocycles. The van der Waals surface area contributed by atoms with Crippen molar-refractivity contribution in [3.05, 3.63) is 41.7 Å². The minimum absolute atomic E-state index is 0.266. The number of anilines is 1. The van der Waals surface area contributed by atoms with E-state index >= 15 is 0 Å². The highest BCUT2D eigenvalue weighted by Gasteiger charge is 2.23. The van der Waals surface area contributed by atoms with E-state index in [-0.39, 0.29) is 6.61 Å². The minimum atomic E-state index is 0.266. The number of nitrogens with zero attached hydrogens (tertiary/aromatic N) is 2. The van der Waals surface area contributed by atoms with Gasteiger partial charge in [0.25, 0.3) is 0 Å². The Morgan fingerprint density at radius 2 is 2.18 bits per heavy atom. The number of aryl methyl sites for hydroxylation is 1. The Labute approximate surface area is 135 Å². The van der Waals surface area contributed by atoms with Gasteiger partial charge in [-0.3, -0.25) is 4.68 Å². The van der Waals surface area contributed by atoms with Gasteiger partial charge in [-0.1, -0.05) is 0 Å². The summed E-state index contributed by atoms with van der Waals surface area (Å²) in [5.74, 6) is 0.963. The Balaban J connectivity index is 1.64. The monoisotopic (exact) mass is 317 g/mol. The second-order valence-electron chi connectivity index (χ2n) is 5.71. The molecule has 5 heteroatoms. The van der Waals surface area contributed by atoms with Crippen LogP contribution in [0.1, 0.15) is 36.6 Å². The summed E-state index contributed by atoms with van der Waals surface area (Å²) in [5, 5.41) is 16.9. The van der Waals surface area contributed by atoms with Gasteiger partial charge in [0.1, 0.15) is 0 Å². The van der Waals surface area contributed by atoms with E-state index in [4.69, 9.17) is 5.11 Å². The predicted octanol–water partition coefficient (Wildman–Crippen LogP) is 3.38. The molecule has 3 rings (SSSR count). The fraction of sp³-hybridized carbons (Fsp3) is 0.471. The first-order valence-electron chi connectivity index (χ1n) is 7.89. The van der Waals surface area contributed by atoms with Crippen LogP contribution >= 0.6 is 11.8 Å². The van der Waals surface area contributed by atoms with Crippen LogP contribution in [0.15, 0.2) is 35.4 Å². The maximum Gasteiger partial charge on any atom is 0.0547 e.